The molecule has 1 heterocycles. The van der Waals surface area contributed by atoms with Crippen LogP contribution in [0.2, 0.25) is 20.1 Å². The lowest BCUT2D eigenvalue weighted by Gasteiger charge is -2.29. The fourth-order valence-corrected chi connectivity index (χ4v) is 5.73. The fourth-order valence-electron chi connectivity index (χ4n) is 3.04. The maximum absolute atomic E-state index is 13.2. The third-order valence-corrected chi connectivity index (χ3v) is 7.31. The van der Waals surface area contributed by atoms with Gasteiger partial charge in [0, 0.05) is 27.7 Å². The molecule has 0 radical (unpaired) electrons. The second-order valence-corrected chi connectivity index (χ2v) is 10.3. The van der Waals surface area contributed by atoms with Gasteiger partial charge in [0.2, 0.25) is 0 Å². The fraction of sp³-hybridized carbons (Fsp3) is 0.278. The van der Waals surface area contributed by atoms with Gasteiger partial charge in [-0.25, -0.2) is 8.42 Å². The molecule has 1 aliphatic heterocycles. The highest BCUT2D eigenvalue weighted by molar-refractivity contribution is 7.91. The predicted molar refractivity (Wildman–Crippen MR) is 110 cm³/mol. The van der Waals surface area contributed by atoms with Crippen LogP contribution in [0.5, 0.6) is 0 Å². The number of sulfone groups is 1. The van der Waals surface area contributed by atoms with Gasteiger partial charge in [-0.2, -0.15) is 0 Å². The summed E-state index contributed by atoms with van der Waals surface area (Å²) in [5, 5.41) is 1.50. The van der Waals surface area contributed by atoms with Crippen LogP contribution in [0.25, 0.3) is 0 Å². The maximum atomic E-state index is 13.2. The second kappa shape index (κ2) is 8.18. The van der Waals surface area contributed by atoms with E-state index >= 15 is 0 Å². The molecule has 0 aromatic heterocycles. The van der Waals surface area contributed by atoms with Crippen LogP contribution in [0, 0.1) is 0 Å². The minimum atomic E-state index is -3.18. The quantitative estimate of drug-likeness (QED) is 0.627. The summed E-state index contributed by atoms with van der Waals surface area (Å²) in [6.45, 7) is 0.147. The van der Waals surface area contributed by atoms with Crippen molar-refractivity contribution < 1.29 is 13.2 Å². The molecule has 144 valence electrons. The Hall–Kier alpha value is -0.980. The molecule has 0 aliphatic carbocycles. The molecule has 4 nitrogen and oxygen atoms in total. The van der Waals surface area contributed by atoms with E-state index in [9.17, 15) is 13.2 Å². The van der Waals surface area contributed by atoms with Gasteiger partial charge in [0.1, 0.15) is 0 Å². The van der Waals surface area contributed by atoms with Crippen molar-refractivity contribution in [1.29, 1.82) is 0 Å². The molecule has 0 spiro atoms. The van der Waals surface area contributed by atoms with Gasteiger partial charge in [0.05, 0.1) is 22.1 Å². The number of carbonyl (C=O) groups is 1. The number of hydrogen-bond donors (Lipinski definition) is 0. The molecule has 1 aliphatic rings. The van der Waals surface area contributed by atoms with E-state index in [1.807, 2.05) is 0 Å². The van der Waals surface area contributed by atoms with Crippen molar-refractivity contribution in [2.75, 3.05) is 11.5 Å². The zero-order valence-electron chi connectivity index (χ0n) is 14.0. The Kier molecular flexibility index (Phi) is 6.28. The average molecular weight is 467 g/mol. The van der Waals surface area contributed by atoms with Crippen molar-refractivity contribution in [3.05, 3.63) is 67.6 Å². The van der Waals surface area contributed by atoms with Gasteiger partial charge in [-0.3, -0.25) is 4.79 Å². The third-order valence-electron chi connectivity index (χ3n) is 4.43. The second-order valence-electron chi connectivity index (χ2n) is 6.35. The Morgan fingerprint density at radius 2 is 1.63 bits per heavy atom. The van der Waals surface area contributed by atoms with Crippen LogP contribution in [0.3, 0.4) is 0 Å². The smallest absolute Gasteiger partial charge is 0.255 e. The standard InChI is InChI=1S/C18H15Cl4NO3S/c19-12-2-1-11(16(21)7-12)9-23(14-5-6-27(25,26)10-14)18(24)15-4-3-13(20)8-17(15)22/h1-4,7-8,14H,5-6,9-10H2. The van der Waals surface area contributed by atoms with Crippen molar-refractivity contribution in [1.82, 2.24) is 4.90 Å². The topological polar surface area (TPSA) is 54.5 Å². The average Bonchev–Trinajstić information content (AvgIpc) is 2.93. The van der Waals surface area contributed by atoms with E-state index < -0.39 is 15.9 Å². The predicted octanol–water partition coefficient (Wildman–Crippen LogP) is 5.13. The molecule has 1 saturated heterocycles. The van der Waals surface area contributed by atoms with Gasteiger partial charge in [0.15, 0.2) is 9.84 Å². The van der Waals surface area contributed by atoms with Crippen LogP contribution in [0.1, 0.15) is 22.3 Å². The van der Waals surface area contributed by atoms with E-state index in [-0.39, 0.29) is 34.5 Å². The molecule has 27 heavy (non-hydrogen) atoms. The van der Waals surface area contributed by atoms with Crippen LogP contribution < -0.4 is 0 Å². The number of amides is 1. The van der Waals surface area contributed by atoms with Crippen molar-refractivity contribution in [2.24, 2.45) is 0 Å². The van der Waals surface area contributed by atoms with Gasteiger partial charge in [-0.1, -0.05) is 52.5 Å². The minimum Gasteiger partial charge on any atom is -0.330 e. The van der Waals surface area contributed by atoms with Crippen LogP contribution in [-0.4, -0.2) is 36.8 Å². The molecule has 0 N–H and O–H groups in total. The highest BCUT2D eigenvalue weighted by Gasteiger charge is 2.35. The Bertz CT molecular complexity index is 994. The van der Waals surface area contributed by atoms with E-state index in [2.05, 4.69) is 0 Å². The Morgan fingerprint density at radius 1 is 1.00 bits per heavy atom. The highest BCUT2D eigenvalue weighted by atomic mass is 35.5. The summed E-state index contributed by atoms with van der Waals surface area (Å²) in [6.07, 6.45) is 0.366. The van der Waals surface area contributed by atoms with Crippen LogP contribution in [0.15, 0.2) is 36.4 Å². The monoisotopic (exact) mass is 465 g/mol. The SMILES string of the molecule is O=C(c1ccc(Cl)cc1Cl)N(Cc1ccc(Cl)cc1Cl)C1CCS(=O)(=O)C1. The molecule has 0 saturated carbocycles. The van der Waals surface area contributed by atoms with Gasteiger partial charge in [-0.15, -0.1) is 0 Å². The summed E-state index contributed by atoms with van der Waals surface area (Å²) >= 11 is 24.3. The highest BCUT2D eigenvalue weighted by Crippen LogP contribution is 2.29. The molecule has 1 unspecified atom stereocenters. The molecular weight excluding hydrogens is 452 g/mol. The van der Waals surface area contributed by atoms with Crippen molar-refractivity contribution >= 4 is 62.1 Å². The number of halogens is 4. The number of rotatable bonds is 4. The normalized spacial score (nSPS) is 18.4. The summed E-state index contributed by atoms with van der Waals surface area (Å²) in [5.41, 5.74) is 0.930. The molecule has 9 heteroatoms. The van der Waals surface area contributed by atoms with Gasteiger partial charge in [-0.05, 0) is 42.3 Å². The first-order valence-electron chi connectivity index (χ1n) is 8.06. The number of hydrogen-bond acceptors (Lipinski definition) is 3. The molecular formula is C18H15Cl4NO3S. The van der Waals surface area contributed by atoms with Gasteiger partial charge in [0.25, 0.3) is 5.91 Å². The summed E-state index contributed by atoms with van der Waals surface area (Å²) in [6, 6.07) is 9.11. The summed E-state index contributed by atoms with van der Waals surface area (Å²) in [7, 11) is -3.18. The Balaban J connectivity index is 1.97. The van der Waals surface area contributed by atoms with Gasteiger partial charge < -0.3 is 4.90 Å². The lowest BCUT2D eigenvalue weighted by molar-refractivity contribution is 0.0681. The maximum Gasteiger partial charge on any atom is 0.255 e. The first-order chi connectivity index (χ1) is 12.7. The number of carbonyl (C=O) groups excluding carboxylic acids is 1. The van der Waals surface area contributed by atoms with Crippen LogP contribution in [-0.2, 0) is 16.4 Å². The zero-order valence-corrected chi connectivity index (χ0v) is 17.8. The Labute approximate surface area is 177 Å². The molecule has 1 fully saturated rings. The largest absolute Gasteiger partial charge is 0.330 e. The van der Waals surface area contributed by atoms with Crippen molar-refractivity contribution in [2.45, 2.75) is 19.0 Å². The summed E-state index contributed by atoms with van der Waals surface area (Å²) in [5.74, 6) is -0.413. The van der Waals surface area contributed by atoms with Crippen LogP contribution in [0.4, 0.5) is 0 Å². The van der Waals surface area contributed by atoms with E-state index in [1.165, 1.54) is 17.0 Å². The lowest BCUT2D eigenvalue weighted by atomic mass is 10.1. The summed E-state index contributed by atoms with van der Waals surface area (Å²) in [4.78, 5) is 14.7. The lowest BCUT2D eigenvalue weighted by Crippen LogP contribution is -2.40. The van der Waals surface area contributed by atoms with Crippen molar-refractivity contribution in [3.63, 3.8) is 0 Å². The molecule has 2 aromatic rings. The minimum absolute atomic E-state index is 0.0458. The van der Waals surface area contributed by atoms with E-state index in [1.54, 1.807) is 24.3 Å². The molecule has 1 amide bonds. The molecule has 3 rings (SSSR count). The van der Waals surface area contributed by atoms with E-state index in [0.717, 1.165) is 0 Å². The molecule has 0 bridgehead atoms. The number of benzene rings is 2. The third kappa shape index (κ3) is 4.90. The molecule has 2 aromatic carbocycles. The number of nitrogens with zero attached hydrogens (tertiary/aromatic N) is 1. The zero-order chi connectivity index (χ0) is 19.8. The molecule has 1 atom stereocenters. The van der Waals surface area contributed by atoms with E-state index in [4.69, 9.17) is 46.4 Å². The van der Waals surface area contributed by atoms with Crippen LogP contribution >= 0.6 is 46.4 Å². The first kappa shape index (κ1) is 20.7. The Morgan fingerprint density at radius 3 is 2.19 bits per heavy atom. The van der Waals surface area contributed by atoms with E-state index in [0.29, 0.717) is 27.1 Å². The van der Waals surface area contributed by atoms with Gasteiger partial charge >= 0.3 is 0 Å². The van der Waals surface area contributed by atoms with Crippen molar-refractivity contribution in [3.8, 4) is 0 Å². The first-order valence-corrected chi connectivity index (χ1v) is 11.4. The summed E-state index contributed by atoms with van der Waals surface area (Å²) < 4.78 is 23.9.